The second-order valence-electron chi connectivity index (χ2n) is 8.05. The number of nitrogens with one attached hydrogen (secondary N) is 1. The molecule has 0 bridgehead atoms. The first-order chi connectivity index (χ1) is 13.4. The van der Waals surface area contributed by atoms with E-state index in [1.807, 2.05) is 36.4 Å². The lowest BCUT2D eigenvalue weighted by Gasteiger charge is -2.23. The lowest BCUT2D eigenvalue weighted by atomic mass is 9.86. The van der Waals surface area contributed by atoms with Crippen LogP contribution in [-0.2, 0) is 11.8 Å². The van der Waals surface area contributed by atoms with Crippen molar-refractivity contribution in [2.45, 2.75) is 32.6 Å². The minimum atomic E-state index is -0.204. The second-order valence-corrected chi connectivity index (χ2v) is 8.05. The van der Waals surface area contributed by atoms with E-state index >= 15 is 0 Å². The molecule has 0 aliphatic carbocycles. The van der Waals surface area contributed by atoms with Gasteiger partial charge in [0.15, 0.2) is 0 Å². The number of hydrogen-bond donors (Lipinski definition) is 1. The Morgan fingerprint density at radius 1 is 1.00 bits per heavy atom. The van der Waals surface area contributed by atoms with Crippen molar-refractivity contribution >= 4 is 23.2 Å². The van der Waals surface area contributed by atoms with Gasteiger partial charge in [-0.25, -0.2) is 9.97 Å². The maximum atomic E-state index is 12.7. The highest BCUT2D eigenvalue weighted by molar-refractivity contribution is 6.04. The topological polar surface area (TPSA) is 58.1 Å². The highest BCUT2D eigenvalue weighted by atomic mass is 16.1. The molecule has 0 unspecified atom stereocenters. The van der Waals surface area contributed by atoms with Crippen LogP contribution in [0.1, 0.15) is 42.3 Å². The van der Waals surface area contributed by atoms with E-state index in [0.717, 1.165) is 29.9 Å². The summed E-state index contributed by atoms with van der Waals surface area (Å²) < 4.78 is 0. The number of benzene rings is 2. The van der Waals surface area contributed by atoms with Crippen LogP contribution in [0.4, 0.5) is 17.3 Å². The molecule has 0 atom stereocenters. The quantitative estimate of drug-likeness (QED) is 0.723. The zero-order valence-electron chi connectivity index (χ0n) is 16.4. The molecule has 0 fully saturated rings. The van der Waals surface area contributed by atoms with Gasteiger partial charge >= 0.3 is 0 Å². The Labute approximate surface area is 165 Å². The number of hydrogen-bond acceptors (Lipinski definition) is 4. The van der Waals surface area contributed by atoms with Crippen LogP contribution in [0.3, 0.4) is 0 Å². The minimum Gasteiger partial charge on any atom is -0.322 e. The Morgan fingerprint density at radius 3 is 2.43 bits per heavy atom. The zero-order chi connectivity index (χ0) is 19.7. The zero-order valence-corrected chi connectivity index (χ0v) is 16.4. The Bertz CT molecular complexity index is 1010. The summed E-state index contributed by atoms with van der Waals surface area (Å²) >= 11 is 0. The van der Waals surface area contributed by atoms with Crippen LogP contribution in [0.15, 0.2) is 60.9 Å². The van der Waals surface area contributed by atoms with Crippen molar-refractivity contribution in [2.75, 3.05) is 16.8 Å². The van der Waals surface area contributed by atoms with E-state index in [1.54, 1.807) is 12.4 Å². The number of carbonyl (C=O) groups excluding carboxylic acids is 1. The monoisotopic (exact) mass is 372 g/mol. The third-order valence-corrected chi connectivity index (χ3v) is 5.01. The predicted octanol–water partition coefficient (Wildman–Crippen LogP) is 4.72. The van der Waals surface area contributed by atoms with Gasteiger partial charge in [-0.2, -0.15) is 0 Å². The first kappa shape index (κ1) is 18.2. The third-order valence-electron chi connectivity index (χ3n) is 5.01. The van der Waals surface area contributed by atoms with Crippen molar-refractivity contribution < 1.29 is 4.79 Å². The molecular formula is C23H24N4O. The normalized spacial score (nSPS) is 13.3. The second kappa shape index (κ2) is 7.08. The van der Waals surface area contributed by atoms with Crippen LogP contribution in [0, 0.1) is 0 Å². The predicted molar refractivity (Wildman–Crippen MR) is 112 cm³/mol. The van der Waals surface area contributed by atoms with Gasteiger partial charge in [-0.3, -0.25) is 4.79 Å². The molecule has 28 heavy (non-hydrogen) atoms. The number of aromatic nitrogens is 2. The lowest BCUT2D eigenvalue weighted by molar-refractivity contribution is 0.102. The smallest absolute Gasteiger partial charge is 0.258 e. The number of anilines is 3. The van der Waals surface area contributed by atoms with Crippen molar-refractivity contribution in [2.24, 2.45) is 0 Å². The molecule has 3 aromatic rings. The SMILES string of the molecule is CC(C)(C)c1ccccc1NC(=O)c1cnc(N2CCc3ccccc32)nc1. The minimum absolute atomic E-state index is 0.0621. The highest BCUT2D eigenvalue weighted by Gasteiger charge is 2.22. The van der Waals surface area contributed by atoms with Crippen molar-refractivity contribution in [3.63, 3.8) is 0 Å². The fourth-order valence-electron chi connectivity index (χ4n) is 3.56. The molecule has 4 rings (SSSR count). The molecule has 0 spiro atoms. The lowest BCUT2D eigenvalue weighted by Crippen LogP contribution is -2.20. The number of amides is 1. The average molecular weight is 372 g/mol. The summed E-state index contributed by atoms with van der Waals surface area (Å²) in [6.07, 6.45) is 4.17. The number of para-hydroxylation sites is 2. The molecule has 1 amide bonds. The number of rotatable bonds is 3. The van der Waals surface area contributed by atoms with Gasteiger partial charge in [-0.1, -0.05) is 57.2 Å². The molecule has 1 aliphatic rings. The van der Waals surface area contributed by atoms with Crippen molar-refractivity contribution in [1.29, 1.82) is 0 Å². The van der Waals surface area contributed by atoms with E-state index in [9.17, 15) is 4.79 Å². The molecule has 5 nitrogen and oxygen atoms in total. The molecular weight excluding hydrogens is 348 g/mol. The van der Waals surface area contributed by atoms with Gasteiger partial charge in [0.25, 0.3) is 5.91 Å². The first-order valence-corrected chi connectivity index (χ1v) is 9.52. The summed E-state index contributed by atoms with van der Waals surface area (Å²) in [4.78, 5) is 23.7. The van der Waals surface area contributed by atoms with Crippen molar-refractivity contribution in [1.82, 2.24) is 9.97 Å². The first-order valence-electron chi connectivity index (χ1n) is 9.52. The van der Waals surface area contributed by atoms with Gasteiger partial charge in [-0.05, 0) is 35.1 Å². The Hall–Kier alpha value is -3.21. The van der Waals surface area contributed by atoms with Gasteiger partial charge in [0.05, 0.1) is 5.56 Å². The van der Waals surface area contributed by atoms with E-state index in [0.29, 0.717) is 11.5 Å². The summed E-state index contributed by atoms with van der Waals surface area (Å²) in [5.74, 6) is 0.418. The van der Waals surface area contributed by atoms with Crippen LogP contribution in [0.25, 0.3) is 0 Å². The molecule has 1 aromatic heterocycles. The van der Waals surface area contributed by atoms with E-state index in [1.165, 1.54) is 5.56 Å². The van der Waals surface area contributed by atoms with E-state index in [-0.39, 0.29) is 11.3 Å². The van der Waals surface area contributed by atoms with E-state index in [2.05, 4.69) is 53.1 Å². The fraction of sp³-hybridized carbons (Fsp3) is 0.261. The summed E-state index contributed by atoms with van der Waals surface area (Å²) in [6, 6.07) is 16.2. The largest absolute Gasteiger partial charge is 0.322 e. The Kier molecular flexibility index (Phi) is 4.59. The van der Waals surface area contributed by atoms with Crippen LogP contribution in [0.5, 0.6) is 0 Å². The number of fused-ring (bicyclic) bond motifs is 1. The van der Waals surface area contributed by atoms with Crippen LogP contribution < -0.4 is 10.2 Å². The maximum Gasteiger partial charge on any atom is 0.258 e. The molecule has 0 saturated carbocycles. The van der Waals surface area contributed by atoms with Crippen LogP contribution >= 0.6 is 0 Å². The van der Waals surface area contributed by atoms with Gasteiger partial charge in [0.2, 0.25) is 5.95 Å². The molecule has 1 N–H and O–H groups in total. The number of nitrogens with zero attached hydrogens (tertiary/aromatic N) is 3. The molecule has 0 saturated heterocycles. The molecule has 2 aromatic carbocycles. The standard InChI is InChI=1S/C23H24N4O/c1-23(2,3)18-9-5-6-10-19(18)26-21(28)17-14-24-22(25-15-17)27-13-12-16-8-4-7-11-20(16)27/h4-11,14-15H,12-13H2,1-3H3,(H,26,28). The highest BCUT2D eigenvalue weighted by Crippen LogP contribution is 2.32. The molecule has 142 valence electrons. The van der Waals surface area contributed by atoms with Gasteiger partial charge in [0.1, 0.15) is 0 Å². The summed E-state index contributed by atoms with van der Waals surface area (Å²) in [5, 5.41) is 3.01. The van der Waals surface area contributed by atoms with Crippen molar-refractivity contribution in [3.8, 4) is 0 Å². The van der Waals surface area contributed by atoms with Gasteiger partial charge in [-0.15, -0.1) is 0 Å². The third kappa shape index (κ3) is 3.48. The Balaban J connectivity index is 1.53. The van der Waals surface area contributed by atoms with Crippen LogP contribution in [-0.4, -0.2) is 22.4 Å². The summed E-state index contributed by atoms with van der Waals surface area (Å²) in [6.45, 7) is 7.24. The fourth-order valence-corrected chi connectivity index (χ4v) is 3.56. The van der Waals surface area contributed by atoms with E-state index < -0.39 is 0 Å². The molecule has 1 aliphatic heterocycles. The summed E-state index contributed by atoms with van der Waals surface area (Å²) in [7, 11) is 0. The molecule has 2 heterocycles. The molecule has 5 heteroatoms. The summed E-state index contributed by atoms with van der Waals surface area (Å²) in [5.41, 5.74) is 4.73. The van der Waals surface area contributed by atoms with Gasteiger partial charge in [0, 0.05) is 30.3 Å². The molecule has 0 radical (unpaired) electrons. The Morgan fingerprint density at radius 2 is 1.68 bits per heavy atom. The maximum absolute atomic E-state index is 12.7. The van der Waals surface area contributed by atoms with Gasteiger partial charge < -0.3 is 10.2 Å². The van der Waals surface area contributed by atoms with Crippen molar-refractivity contribution in [3.05, 3.63) is 77.6 Å². The average Bonchev–Trinajstić information content (AvgIpc) is 3.12. The number of carbonyl (C=O) groups is 1. The van der Waals surface area contributed by atoms with Crippen LogP contribution in [0.2, 0.25) is 0 Å². The van der Waals surface area contributed by atoms with E-state index in [4.69, 9.17) is 0 Å².